The van der Waals surface area contributed by atoms with Crippen LogP contribution in [-0.2, 0) is 11.2 Å². The van der Waals surface area contributed by atoms with Crippen LogP contribution < -0.4 is 14.8 Å². The Kier molecular flexibility index (Phi) is 6.15. The number of carbonyl (C=O) groups is 1. The van der Waals surface area contributed by atoms with Crippen LogP contribution in [0.3, 0.4) is 0 Å². The van der Waals surface area contributed by atoms with Gasteiger partial charge in [-0.25, -0.2) is 0 Å². The lowest BCUT2D eigenvalue weighted by Gasteiger charge is -2.09. The van der Waals surface area contributed by atoms with E-state index in [1.165, 1.54) is 0 Å². The van der Waals surface area contributed by atoms with E-state index in [4.69, 9.17) is 9.47 Å². The first-order valence-electron chi connectivity index (χ1n) is 9.03. The van der Waals surface area contributed by atoms with Gasteiger partial charge in [-0.15, -0.1) is 0 Å². The minimum Gasteiger partial charge on any atom is -0.495 e. The molecule has 0 bridgehead atoms. The molecule has 0 spiro atoms. The van der Waals surface area contributed by atoms with E-state index in [0.29, 0.717) is 13.2 Å². The largest absolute Gasteiger partial charge is 0.495 e. The molecule has 5 nitrogen and oxygen atoms in total. The monoisotopic (exact) mass is 364 g/mol. The summed E-state index contributed by atoms with van der Waals surface area (Å²) in [6.07, 6.45) is 5.95. The van der Waals surface area contributed by atoms with Gasteiger partial charge in [-0.05, 0) is 37.1 Å². The average molecular weight is 364 g/mol. The van der Waals surface area contributed by atoms with Crippen molar-refractivity contribution in [3.63, 3.8) is 0 Å². The molecule has 0 aliphatic carbocycles. The van der Waals surface area contributed by atoms with Gasteiger partial charge in [0.1, 0.15) is 11.5 Å². The van der Waals surface area contributed by atoms with Crippen LogP contribution >= 0.6 is 0 Å². The molecule has 0 saturated carbocycles. The Balaban J connectivity index is 1.59. The van der Waals surface area contributed by atoms with Crippen LogP contribution in [0.2, 0.25) is 0 Å². The lowest BCUT2D eigenvalue weighted by atomic mass is 10.1. The Bertz CT molecular complexity index is 944. The van der Waals surface area contributed by atoms with Gasteiger partial charge in [-0.1, -0.05) is 30.3 Å². The van der Waals surface area contributed by atoms with E-state index in [2.05, 4.69) is 10.3 Å². The van der Waals surface area contributed by atoms with Crippen LogP contribution in [0, 0.1) is 0 Å². The Morgan fingerprint density at radius 3 is 2.78 bits per heavy atom. The Labute approximate surface area is 159 Å². The molecule has 3 aromatic rings. The van der Waals surface area contributed by atoms with Crippen LogP contribution in [0.1, 0.15) is 18.1 Å². The van der Waals surface area contributed by atoms with Gasteiger partial charge in [-0.3, -0.25) is 4.79 Å². The van der Waals surface area contributed by atoms with Crippen LogP contribution in [-0.4, -0.2) is 31.2 Å². The van der Waals surface area contributed by atoms with E-state index in [1.807, 2.05) is 61.7 Å². The van der Waals surface area contributed by atoms with Gasteiger partial charge in [0.25, 0.3) is 0 Å². The summed E-state index contributed by atoms with van der Waals surface area (Å²) in [6, 6.07) is 13.7. The van der Waals surface area contributed by atoms with Crippen molar-refractivity contribution in [2.24, 2.45) is 0 Å². The van der Waals surface area contributed by atoms with Gasteiger partial charge in [-0.2, -0.15) is 0 Å². The number of hydrogen-bond acceptors (Lipinski definition) is 3. The molecule has 0 saturated heterocycles. The molecule has 2 N–H and O–H groups in total. The molecular formula is C22H24N2O3. The minimum absolute atomic E-state index is 0.124. The van der Waals surface area contributed by atoms with Crippen molar-refractivity contribution in [2.75, 3.05) is 20.3 Å². The zero-order chi connectivity index (χ0) is 19.1. The maximum atomic E-state index is 12.1. The van der Waals surface area contributed by atoms with Crippen molar-refractivity contribution < 1.29 is 14.3 Å². The zero-order valence-corrected chi connectivity index (χ0v) is 15.6. The predicted octanol–water partition coefficient (Wildman–Crippen LogP) is 3.95. The average Bonchev–Trinajstić information content (AvgIpc) is 3.11. The summed E-state index contributed by atoms with van der Waals surface area (Å²) in [5.41, 5.74) is 2.96. The number of carbonyl (C=O) groups excluding carboxylic acids is 1. The zero-order valence-electron chi connectivity index (χ0n) is 15.6. The fraction of sp³-hybridized carbons (Fsp3) is 0.227. The third kappa shape index (κ3) is 4.50. The molecule has 3 rings (SSSR count). The highest BCUT2D eigenvalue weighted by Crippen LogP contribution is 2.27. The van der Waals surface area contributed by atoms with E-state index in [9.17, 15) is 4.79 Å². The van der Waals surface area contributed by atoms with Crippen LogP contribution in [0.15, 0.2) is 54.7 Å². The number of rotatable bonds is 8. The second-order valence-electron chi connectivity index (χ2n) is 6.04. The molecule has 1 amide bonds. The van der Waals surface area contributed by atoms with E-state index in [-0.39, 0.29) is 5.91 Å². The minimum atomic E-state index is -0.124. The maximum Gasteiger partial charge on any atom is 0.244 e. The van der Waals surface area contributed by atoms with E-state index >= 15 is 0 Å². The Morgan fingerprint density at radius 1 is 1.15 bits per heavy atom. The highest BCUT2D eigenvalue weighted by Gasteiger charge is 2.06. The van der Waals surface area contributed by atoms with Crippen molar-refractivity contribution in [2.45, 2.75) is 13.3 Å². The normalized spacial score (nSPS) is 11.0. The van der Waals surface area contributed by atoms with Gasteiger partial charge in [0.2, 0.25) is 5.91 Å². The summed E-state index contributed by atoms with van der Waals surface area (Å²) in [7, 11) is 1.64. The lowest BCUT2D eigenvalue weighted by Crippen LogP contribution is -2.23. The van der Waals surface area contributed by atoms with Gasteiger partial charge < -0.3 is 19.8 Å². The third-order valence-corrected chi connectivity index (χ3v) is 4.31. The quantitative estimate of drug-likeness (QED) is 0.595. The van der Waals surface area contributed by atoms with Crippen molar-refractivity contribution in [1.29, 1.82) is 0 Å². The Morgan fingerprint density at radius 2 is 1.96 bits per heavy atom. The molecule has 0 atom stereocenters. The van der Waals surface area contributed by atoms with Crippen molar-refractivity contribution >= 4 is 22.9 Å². The Hall–Kier alpha value is -3.21. The second-order valence-corrected chi connectivity index (χ2v) is 6.04. The number of para-hydroxylation sites is 2. The smallest absolute Gasteiger partial charge is 0.244 e. The number of ether oxygens (including phenoxy) is 2. The van der Waals surface area contributed by atoms with Crippen molar-refractivity contribution in [1.82, 2.24) is 10.3 Å². The highest BCUT2D eigenvalue weighted by molar-refractivity contribution is 5.97. The molecule has 0 radical (unpaired) electrons. The molecule has 1 heterocycles. The summed E-state index contributed by atoms with van der Waals surface area (Å²) in [5.74, 6) is 1.53. The summed E-state index contributed by atoms with van der Waals surface area (Å²) in [5, 5.41) is 3.93. The van der Waals surface area contributed by atoms with Gasteiger partial charge in [0, 0.05) is 29.8 Å². The molecule has 1 aromatic heterocycles. The molecule has 5 heteroatoms. The first kappa shape index (κ1) is 18.6. The molecule has 0 unspecified atom stereocenters. The first-order chi connectivity index (χ1) is 13.2. The lowest BCUT2D eigenvalue weighted by molar-refractivity contribution is -0.116. The molecular weight excluding hydrogens is 340 g/mol. The summed E-state index contributed by atoms with van der Waals surface area (Å²) >= 11 is 0. The number of nitrogens with one attached hydrogen (secondary N) is 2. The fourth-order valence-electron chi connectivity index (χ4n) is 3.01. The molecule has 2 aromatic carbocycles. The number of benzene rings is 2. The molecule has 0 aliphatic heterocycles. The number of amides is 1. The highest BCUT2D eigenvalue weighted by atomic mass is 16.5. The standard InChI is InChI=1S/C22H24N2O3/c1-3-27-19-9-5-4-7-16(19)13-14-23-21(25)12-11-17-15-24-22-18(17)8-6-10-20(22)26-2/h4-12,15,24H,3,13-14H2,1-2H3,(H,23,25)/b12-11+. The number of aromatic amines is 1. The second kappa shape index (κ2) is 8.94. The molecule has 0 fully saturated rings. The number of fused-ring (bicyclic) bond motifs is 1. The van der Waals surface area contributed by atoms with Crippen molar-refractivity contribution in [3.8, 4) is 11.5 Å². The topological polar surface area (TPSA) is 63.3 Å². The number of H-pyrrole nitrogens is 1. The predicted molar refractivity (Wildman–Crippen MR) is 108 cm³/mol. The van der Waals surface area contributed by atoms with Crippen LogP contribution in [0.25, 0.3) is 17.0 Å². The van der Waals surface area contributed by atoms with Gasteiger partial charge in [0.15, 0.2) is 0 Å². The number of methoxy groups -OCH3 is 1. The van der Waals surface area contributed by atoms with E-state index in [1.54, 1.807) is 13.2 Å². The van der Waals surface area contributed by atoms with E-state index in [0.717, 1.165) is 39.9 Å². The summed E-state index contributed by atoms with van der Waals surface area (Å²) < 4.78 is 11.0. The van der Waals surface area contributed by atoms with E-state index < -0.39 is 0 Å². The maximum absolute atomic E-state index is 12.1. The summed E-state index contributed by atoms with van der Waals surface area (Å²) in [4.78, 5) is 15.3. The SMILES string of the molecule is CCOc1ccccc1CCNC(=O)/C=C/c1c[nH]c2c(OC)cccc12. The molecule has 140 valence electrons. The van der Waals surface area contributed by atoms with Crippen LogP contribution in [0.4, 0.5) is 0 Å². The van der Waals surface area contributed by atoms with Crippen LogP contribution in [0.5, 0.6) is 11.5 Å². The molecule has 27 heavy (non-hydrogen) atoms. The molecule has 0 aliphatic rings. The first-order valence-corrected chi connectivity index (χ1v) is 9.03. The third-order valence-electron chi connectivity index (χ3n) is 4.31. The summed E-state index contributed by atoms with van der Waals surface area (Å²) in [6.45, 7) is 3.14. The van der Waals surface area contributed by atoms with Crippen molar-refractivity contribution in [3.05, 3.63) is 65.9 Å². The number of hydrogen-bond donors (Lipinski definition) is 2. The number of aromatic nitrogens is 1. The fourth-order valence-corrected chi connectivity index (χ4v) is 3.01. The van der Waals surface area contributed by atoms with Gasteiger partial charge in [0.05, 0.1) is 19.2 Å². The van der Waals surface area contributed by atoms with Gasteiger partial charge >= 0.3 is 0 Å².